The Bertz CT molecular complexity index is 1640. The first-order valence-electron chi connectivity index (χ1n) is 18.8. The van der Waals surface area contributed by atoms with Crippen molar-refractivity contribution in [2.45, 2.75) is 108 Å². The number of carbonyl (C=O) groups excluding carboxylic acids is 8. The molecule has 0 aromatic heterocycles. The molecule has 9 atom stereocenters. The number of amides is 7. The predicted molar refractivity (Wildman–Crippen MR) is 208 cm³/mol. The van der Waals surface area contributed by atoms with E-state index in [9.17, 15) is 73.8 Å². The van der Waals surface area contributed by atoms with Crippen LogP contribution in [0.25, 0.3) is 0 Å². The van der Waals surface area contributed by atoms with Crippen LogP contribution in [0.3, 0.4) is 0 Å². The van der Waals surface area contributed by atoms with Crippen LogP contribution < -0.4 is 43.0 Å². The van der Waals surface area contributed by atoms with Crippen LogP contribution in [0.1, 0.15) is 53.0 Å². The first-order valence-corrected chi connectivity index (χ1v) is 18.8. The maximum atomic E-state index is 13.4. The number of carbonyl (C=O) groups is 8. The Morgan fingerprint density at radius 1 is 0.617 bits per heavy atom. The predicted octanol–water partition coefficient (Wildman–Crippen LogP) is -5.70. The number of aliphatic hydroxyl groups excluding tert-OH is 4. The molecular weight excluding hydrogens is 796 g/mol. The van der Waals surface area contributed by atoms with Crippen molar-refractivity contribution in [3.05, 3.63) is 29.8 Å². The fourth-order valence-corrected chi connectivity index (χ4v) is 5.28. The number of carboxylic acids is 1. The summed E-state index contributed by atoms with van der Waals surface area (Å²) in [7, 11) is 0. The van der Waals surface area contributed by atoms with Crippen molar-refractivity contribution in [1.82, 2.24) is 37.2 Å². The van der Waals surface area contributed by atoms with Crippen molar-refractivity contribution >= 4 is 53.6 Å². The van der Waals surface area contributed by atoms with E-state index in [-0.39, 0.29) is 24.5 Å². The van der Waals surface area contributed by atoms with Crippen molar-refractivity contribution in [3.63, 3.8) is 0 Å². The number of aliphatic carboxylic acids is 1. The van der Waals surface area contributed by atoms with Gasteiger partial charge >= 0.3 is 5.97 Å². The Morgan fingerprint density at radius 2 is 1.03 bits per heavy atom. The van der Waals surface area contributed by atoms with E-state index in [0.29, 0.717) is 5.56 Å². The summed E-state index contributed by atoms with van der Waals surface area (Å²) in [4.78, 5) is 115. The molecule has 1 rings (SSSR count). The molecule has 0 saturated carbocycles. The van der Waals surface area contributed by atoms with Crippen LogP contribution in [0.5, 0.6) is 5.75 Å². The molecule has 335 valence electrons. The van der Waals surface area contributed by atoms with Crippen LogP contribution in [0, 0.1) is 11.8 Å². The Labute approximate surface area is 345 Å². The largest absolute Gasteiger partial charge is 0.508 e. The van der Waals surface area contributed by atoms with E-state index in [1.165, 1.54) is 45.0 Å². The van der Waals surface area contributed by atoms with Gasteiger partial charge in [-0.3, -0.25) is 43.2 Å². The first-order chi connectivity index (χ1) is 28.1. The van der Waals surface area contributed by atoms with Gasteiger partial charge in [0.15, 0.2) is 0 Å². The number of aliphatic hydroxyl groups is 4. The molecule has 0 spiro atoms. The Balaban J connectivity index is 3.16. The van der Waals surface area contributed by atoms with Gasteiger partial charge in [-0.25, -0.2) is 0 Å². The monoisotopic (exact) mass is 853 g/mol. The minimum absolute atomic E-state index is 0.0137. The van der Waals surface area contributed by atoms with Gasteiger partial charge in [0.1, 0.15) is 48.0 Å². The lowest BCUT2D eigenvalue weighted by Gasteiger charge is -2.28. The third-order valence-corrected chi connectivity index (χ3v) is 8.70. The lowest BCUT2D eigenvalue weighted by atomic mass is 10.0. The van der Waals surface area contributed by atoms with Crippen molar-refractivity contribution in [1.29, 1.82) is 0 Å². The molecule has 0 saturated heterocycles. The van der Waals surface area contributed by atoms with Gasteiger partial charge in [0.2, 0.25) is 47.6 Å². The summed E-state index contributed by atoms with van der Waals surface area (Å²) in [5.41, 5.74) is 6.00. The molecule has 0 bridgehead atoms. The number of aromatic hydroxyl groups is 1. The van der Waals surface area contributed by atoms with Gasteiger partial charge in [0.05, 0.1) is 38.4 Å². The second kappa shape index (κ2) is 25.7. The van der Waals surface area contributed by atoms with Crippen LogP contribution >= 0.6 is 0 Å². The van der Waals surface area contributed by atoms with Gasteiger partial charge in [-0.15, -0.1) is 0 Å². The van der Waals surface area contributed by atoms with Gasteiger partial charge in [0, 0.05) is 6.42 Å². The summed E-state index contributed by atoms with van der Waals surface area (Å²) in [6.45, 7) is 4.56. The number of carboxylic acid groups (broad SMARTS) is 1. The standard InChI is InChI=1S/C37H57N8O15/c1-17(2)10-21(13-46)39-31(54)23(11-20-6-8-22(51)9-7-20)40-33(56)25(14-47)42-35(58)27(16-49)44-37(60)30(18(3)4)45-32(55)24(12-28(52)53)41-34(57)26(15-48)43-36(59)29(38)19(5)50/h6-9,17-19,21,23-27,29-30,47-51H,10-12,14-16,38H2,1-5H3,(H,39,54)(H,40,56)(H,41,57)(H,42,58)(H,43,59)(H,44,60)(H,45,55)(H,52,53)/t19-,21+,23+,24+,25+,26+,27+,29+,30+/m1/s1. The topological polar surface area (TPSA) is 385 Å². The van der Waals surface area contributed by atoms with E-state index < -0.39 is 134 Å². The molecule has 0 aliphatic carbocycles. The molecule has 15 N–H and O–H groups in total. The smallest absolute Gasteiger partial charge is 0.305 e. The van der Waals surface area contributed by atoms with Crippen LogP contribution in [-0.2, 0) is 49.6 Å². The molecule has 23 heteroatoms. The number of rotatable bonds is 26. The van der Waals surface area contributed by atoms with Crippen molar-refractivity contribution in [2.75, 3.05) is 19.8 Å². The normalized spacial score (nSPS) is 15.7. The Kier molecular flexibility index (Phi) is 22.4. The fourth-order valence-electron chi connectivity index (χ4n) is 5.28. The lowest BCUT2D eigenvalue weighted by molar-refractivity contribution is -0.142. The maximum absolute atomic E-state index is 13.4. The summed E-state index contributed by atoms with van der Waals surface area (Å²) in [6, 6.07) is -7.05. The molecule has 60 heavy (non-hydrogen) atoms. The number of hydrogen-bond acceptors (Lipinski definition) is 15. The molecule has 0 unspecified atom stereocenters. The van der Waals surface area contributed by atoms with Gasteiger partial charge in [0.25, 0.3) is 0 Å². The number of nitrogens with two attached hydrogens (primary N) is 1. The molecule has 0 heterocycles. The van der Waals surface area contributed by atoms with Gasteiger partial charge in [-0.1, -0.05) is 39.8 Å². The minimum Gasteiger partial charge on any atom is -0.508 e. The Morgan fingerprint density at radius 3 is 1.45 bits per heavy atom. The average Bonchev–Trinajstić information content (AvgIpc) is 3.18. The van der Waals surface area contributed by atoms with E-state index in [1.54, 1.807) is 6.29 Å². The molecule has 1 aromatic rings. The zero-order valence-electron chi connectivity index (χ0n) is 33.8. The zero-order valence-corrected chi connectivity index (χ0v) is 33.8. The average molecular weight is 854 g/mol. The van der Waals surface area contributed by atoms with Crippen LogP contribution in [0.4, 0.5) is 0 Å². The summed E-state index contributed by atoms with van der Waals surface area (Å²) in [5, 5.41) is 73.9. The number of phenolic OH excluding ortho intramolecular Hbond substituents is 1. The second-order valence-corrected chi connectivity index (χ2v) is 14.6. The van der Waals surface area contributed by atoms with Crippen molar-refractivity contribution in [3.8, 4) is 5.75 Å². The summed E-state index contributed by atoms with van der Waals surface area (Å²) in [5.74, 6) is -10.1. The minimum atomic E-state index is -1.89. The number of nitrogens with one attached hydrogen (secondary N) is 7. The summed E-state index contributed by atoms with van der Waals surface area (Å²) >= 11 is 0. The lowest BCUT2D eigenvalue weighted by Crippen LogP contribution is -2.62. The van der Waals surface area contributed by atoms with Gasteiger partial charge < -0.3 is 73.6 Å². The van der Waals surface area contributed by atoms with Crippen molar-refractivity contribution < 1.29 is 73.8 Å². The molecule has 23 nitrogen and oxygen atoms in total. The van der Waals surface area contributed by atoms with Crippen LogP contribution in [0.15, 0.2) is 24.3 Å². The number of benzene rings is 1. The molecule has 1 radical (unpaired) electrons. The van der Waals surface area contributed by atoms with Gasteiger partial charge in [-0.2, -0.15) is 0 Å². The fraction of sp³-hybridized carbons (Fsp3) is 0.595. The van der Waals surface area contributed by atoms with Gasteiger partial charge in [-0.05, 0) is 42.9 Å². The van der Waals surface area contributed by atoms with Crippen LogP contribution in [-0.4, -0.2) is 159 Å². The molecule has 0 aliphatic rings. The zero-order chi connectivity index (χ0) is 45.9. The van der Waals surface area contributed by atoms with E-state index >= 15 is 0 Å². The van der Waals surface area contributed by atoms with Crippen molar-refractivity contribution in [2.24, 2.45) is 17.6 Å². The SMILES string of the molecule is CC(C)C[C@@H]([C]=O)NC(=O)[C@H](Cc1ccc(O)cc1)NC(=O)[C@H](CO)NC(=O)[C@H](CO)NC(=O)[C@@H](NC(=O)[C@H](CC(=O)O)NC(=O)[C@H](CO)NC(=O)[C@@H](N)[C@@H](C)O)C(C)C. The molecular formula is C37H57N8O15. The summed E-state index contributed by atoms with van der Waals surface area (Å²) < 4.78 is 0. The quantitative estimate of drug-likeness (QED) is 0.0413. The highest BCUT2D eigenvalue weighted by Crippen LogP contribution is 2.13. The van der Waals surface area contributed by atoms with E-state index in [1.807, 2.05) is 13.8 Å². The van der Waals surface area contributed by atoms with E-state index in [0.717, 1.165) is 0 Å². The first kappa shape index (κ1) is 52.3. The third-order valence-electron chi connectivity index (χ3n) is 8.70. The Hall–Kier alpha value is -5.75. The highest BCUT2D eigenvalue weighted by atomic mass is 16.4. The number of hydrogen-bond donors (Lipinski definition) is 14. The van der Waals surface area contributed by atoms with Crippen LogP contribution in [0.2, 0.25) is 0 Å². The number of phenols is 1. The van der Waals surface area contributed by atoms with E-state index in [4.69, 9.17) is 5.73 Å². The highest BCUT2D eigenvalue weighted by Gasteiger charge is 2.35. The third kappa shape index (κ3) is 17.6. The highest BCUT2D eigenvalue weighted by molar-refractivity contribution is 5.98. The molecule has 0 aliphatic heterocycles. The summed E-state index contributed by atoms with van der Waals surface area (Å²) in [6.07, 6.45) is -0.595. The molecule has 1 aromatic carbocycles. The second-order valence-electron chi connectivity index (χ2n) is 14.6. The molecule has 7 amide bonds. The van der Waals surface area contributed by atoms with E-state index in [2.05, 4.69) is 37.2 Å². The maximum Gasteiger partial charge on any atom is 0.305 e. The molecule has 0 fully saturated rings.